The number of carbonyl (C=O) groups is 1. The molecular weight excluding hydrogens is 429 g/mol. The number of hydrogen-bond donors (Lipinski definition) is 2. The van der Waals surface area contributed by atoms with Gasteiger partial charge in [0.15, 0.2) is 0 Å². The monoisotopic (exact) mass is 455 g/mol. The van der Waals surface area contributed by atoms with Gasteiger partial charge in [0.05, 0.1) is 11.4 Å². The van der Waals surface area contributed by atoms with Crippen LogP contribution in [0.3, 0.4) is 0 Å². The Balaban J connectivity index is 1.36. The lowest BCUT2D eigenvalue weighted by Crippen LogP contribution is -2.35. The summed E-state index contributed by atoms with van der Waals surface area (Å²) < 4.78 is 15.1. The standard InChI is InChI=1S/C27H26FN5O/c1-18-15-25(33(31-18)24-12-8-20-16-22(28)9-5-21(20)17-24)27(34)30-23-10-6-19(7-11-23)26(29)32-13-3-2-4-14-32/h5-12,15-17,29H,2-4,13-14H2,1H3,(H,30,34). The SMILES string of the molecule is Cc1cc(C(=O)Nc2ccc(C(=N)N3CCCCC3)cc2)n(-c2ccc3cc(F)ccc3c2)n1. The summed E-state index contributed by atoms with van der Waals surface area (Å²) in [6.07, 6.45) is 3.47. The number of hydrogen-bond acceptors (Lipinski definition) is 3. The van der Waals surface area contributed by atoms with Crippen LogP contribution in [-0.4, -0.2) is 39.5 Å². The lowest BCUT2D eigenvalue weighted by molar-refractivity contribution is 0.101. The van der Waals surface area contributed by atoms with E-state index in [1.54, 1.807) is 16.8 Å². The van der Waals surface area contributed by atoms with Gasteiger partial charge in [0.1, 0.15) is 17.3 Å². The van der Waals surface area contributed by atoms with E-state index < -0.39 is 0 Å². The zero-order valence-corrected chi connectivity index (χ0v) is 19.0. The molecule has 3 aromatic carbocycles. The van der Waals surface area contributed by atoms with Crippen molar-refractivity contribution in [2.45, 2.75) is 26.2 Å². The van der Waals surface area contributed by atoms with Crippen LogP contribution >= 0.6 is 0 Å². The second-order valence-corrected chi connectivity index (χ2v) is 8.69. The number of nitrogens with one attached hydrogen (secondary N) is 2. The van der Waals surface area contributed by atoms with Crippen LogP contribution in [0.2, 0.25) is 0 Å². The van der Waals surface area contributed by atoms with Gasteiger partial charge in [-0.1, -0.05) is 12.1 Å². The first-order valence-electron chi connectivity index (χ1n) is 11.5. The number of rotatable bonds is 4. The quantitative estimate of drug-likeness (QED) is 0.314. The number of benzene rings is 3. The van der Waals surface area contributed by atoms with Gasteiger partial charge in [-0.05, 0) is 91.6 Å². The number of aryl methyl sites for hydroxylation is 1. The summed E-state index contributed by atoms with van der Waals surface area (Å²) in [5, 5.41) is 17.6. The molecule has 0 aliphatic carbocycles. The molecule has 0 unspecified atom stereocenters. The van der Waals surface area contributed by atoms with Gasteiger partial charge in [0.2, 0.25) is 0 Å². The average Bonchev–Trinajstić information content (AvgIpc) is 3.26. The Morgan fingerprint density at radius 1 is 0.941 bits per heavy atom. The highest BCUT2D eigenvalue weighted by Gasteiger charge is 2.18. The maximum Gasteiger partial charge on any atom is 0.274 e. The predicted molar refractivity (Wildman–Crippen MR) is 132 cm³/mol. The summed E-state index contributed by atoms with van der Waals surface area (Å²) in [5.41, 5.74) is 3.34. The first-order valence-corrected chi connectivity index (χ1v) is 11.5. The molecule has 0 atom stereocenters. The highest BCUT2D eigenvalue weighted by molar-refractivity contribution is 6.04. The van der Waals surface area contributed by atoms with E-state index in [0.717, 1.165) is 53.6 Å². The van der Waals surface area contributed by atoms with Crippen molar-refractivity contribution in [2.24, 2.45) is 0 Å². The highest BCUT2D eigenvalue weighted by Crippen LogP contribution is 2.22. The third-order valence-electron chi connectivity index (χ3n) is 6.18. The Kier molecular flexibility index (Phi) is 5.84. The van der Waals surface area contributed by atoms with Gasteiger partial charge < -0.3 is 10.2 Å². The Labute approximate surface area is 197 Å². The first-order chi connectivity index (χ1) is 16.5. The third kappa shape index (κ3) is 4.41. The molecule has 1 aromatic heterocycles. The molecule has 1 amide bonds. The fourth-order valence-corrected chi connectivity index (χ4v) is 4.40. The summed E-state index contributed by atoms with van der Waals surface area (Å²) in [5.74, 6) is -0.0338. The first kappa shape index (κ1) is 21.8. The van der Waals surface area contributed by atoms with Crippen LogP contribution in [0.5, 0.6) is 0 Å². The fraction of sp³-hybridized carbons (Fsp3) is 0.222. The van der Waals surface area contributed by atoms with Gasteiger partial charge >= 0.3 is 0 Å². The van der Waals surface area contributed by atoms with Crippen molar-refractivity contribution in [1.82, 2.24) is 14.7 Å². The molecule has 5 rings (SSSR count). The van der Waals surface area contributed by atoms with Crippen LogP contribution < -0.4 is 5.32 Å². The molecule has 2 heterocycles. The van der Waals surface area contributed by atoms with Crippen molar-refractivity contribution in [1.29, 1.82) is 5.41 Å². The van der Waals surface area contributed by atoms with E-state index in [-0.39, 0.29) is 11.7 Å². The molecule has 6 nitrogen and oxygen atoms in total. The summed E-state index contributed by atoms with van der Waals surface area (Å²) in [7, 11) is 0. The van der Waals surface area contributed by atoms with Gasteiger partial charge in [-0.3, -0.25) is 10.2 Å². The summed E-state index contributed by atoms with van der Waals surface area (Å²) >= 11 is 0. The minimum atomic E-state index is -0.285. The molecule has 2 N–H and O–H groups in total. The molecule has 0 radical (unpaired) electrons. The molecule has 0 spiro atoms. The van der Waals surface area contributed by atoms with Crippen LogP contribution in [0.25, 0.3) is 16.5 Å². The van der Waals surface area contributed by atoms with Crippen LogP contribution in [0.1, 0.15) is 41.0 Å². The number of fused-ring (bicyclic) bond motifs is 1. The van der Waals surface area contributed by atoms with E-state index >= 15 is 0 Å². The topological polar surface area (TPSA) is 74.0 Å². The number of likely N-dealkylation sites (tertiary alicyclic amines) is 1. The second kappa shape index (κ2) is 9.09. The molecule has 1 fully saturated rings. The van der Waals surface area contributed by atoms with Crippen LogP contribution in [0.15, 0.2) is 66.7 Å². The number of amides is 1. The lowest BCUT2D eigenvalue weighted by atomic mass is 10.1. The maximum atomic E-state index is 13.5. The molecule has 4 aromatic rings. The molecule has 1 aliphatic rings. The van der Waals surface area contributed by atoms with E-state index in [4.69, 9.17) is 5.41 Å². The number of carbonyl (C=O) groups excluding carboxylic acids is 1. The normalized spacial score (nSPS) is 13.8. The molecular formula is C27H26FN5O. The molecule has 0 bridgehead atoms. The fourth-order valence-electron chi connectivity index (χ4n) is 4.40. The number of halogens is 1. The van der Waals surface area contributed by atoms with Gasteiger partial charge in [0, 0.05) is 24.3 Å². The van der Waals surface area contributed by atoms with Crippen LogP contribution in [0, 0.1) is 18.2 Å². The van der Waals surface area contributed by atoms with Crippen molar-refractivity contribution in [3.8, 4) is 5.69 Å². The number of anilines is 1. The average molecular weight is 456 g/mol. The predicted octanol–water partition coefficient (Wildman–Crippen LogP) is 5.54. The van der Waals surface area contributed by atoms with Crippen molar-refractivity contribution in [3.63, 3.8) is 0 Å². The number of aromatic nitrogens is 2. The largest absolute Gasteiger partial charge is 0.357 e. The van der Waals surface area contributed by atoms with E-state index in [1.165, 1.54) is 18.6 Å². The van der Waals surface area contributed by atoms with Gasteiger partial charge in [0.25, 0.3) is 5.91 Å². The number of nitrogens with zero attached hydrogens (tertiary/aromatic N) is 3. The van der Waals surface area contributed by atoms with Gasteiger partial charge in [-0.25, -0.2) is 9.07 Å². The molecule has 1 saturated heterocycles. The second-order valence-electron chi connectivity index (χ2n) is 8.69. The van der Waals surface area contributed by atoms with Gasteiger partial charge in [-0.2, -0.15) is 5.10 Å². The highest BCUT2D eigenvalue weighted by atomic mass is 19.1. The third-order valence-corrected chi connectivity index (χ3v) is 6.18. The molecule has 34 heavy (non-hydrogen) atoms. The zero-order valence-electron chi connectivity index (χ0n) is 19.0. The molecule has 1 aliphatic heterocycles. The van der Waals surface area contributed by atoms with Crippen molar-refractivity contribution >= 4 is 28.2 Å². The van der Waals surface area contributed by atoms with E-state index in [9.17, 15) is 9.18 Å². The molecule has 172 valence electrons. The van der Waals surface area contributed by atoms with Crippen LogP contribution in [-0.2, 0) is 0 Å². The summed E-state index contributed by atoms with van der Waals surface area (Å²) in [6.45, 7) is 3.68. The van der Waals surface area contributed by atoms with Crippen molar-refractivity contribution in [2.75, 3.05) is 18.4 Å². The van der Waals surface area contributed by atoms with E-state index in [1.807, 2.05) is 49.4 Å². The molecule has 0 saturated carbocycles. The zero-order chi connectivity index (χ0) is 23.7. The smallest absolute Gasteiger partial charge is 0.274 e. The Morgan fingerprint density at radius 2 is 1.65 bits per heavy atom. The molecule has 7 heteroatoms. The summed E-state index contributed by atoms with van der Waals surface area (Å²) in [4.78, 5) is 15.2. The number of amidine groups is 1. The lowest BCUT2D eigenvalue weighted by Gasteiger charge is -2.29. The number of piperidine rings is 1. The Bertz CT molecular complexity index is 1370. The Morgan fingerprint density at radius 3 is 2.41 bits per heavy atom. The minimum Gasteiger partial charge on any atom is -0.357 e. The maximum absolute atomic E-state index is 13.5. The summed E-state index contributed by atoms with van der Waals surface area (Å²) in [6, 6.07) is 19.3. The van der Waals surface area contributed by atoms with E-state index in [0.29, 0.717) is 17.2 Å². The van der Waals surface area contributed by atoms with Crippen molar-refractivity contribution < 1.29 is 9.18 Å². The van der Waals surface area contributed by atoms with Gasteiger partial charge in [-0.15, -0.1) is 0 Å². The Hall–Kier alpha value is -4.00. The minimum absolute atomic E-state index is 0.279. The van der Waals surface area contributed by atoms with Crippen molar-refractivity contribution in [3.05, 3.63) is 89.5 Å². The van der Waals surface area contributed by atoms with E-state index in [2.05, 4.69) is 15.3 Å². The van der Waals surface area contributed by atoms with Crippen LogP contribution in [0.4, 0.5) is 10.1 Å².